The Morgan fingerprint density at radius 1 is 1.32 bits per heavy atom. The van der Waals surface area contributed by atoms with Gasteiger partial charge in [0, 0.05) is 17.0 Å². The van der Waals surface area contributed by atoms with Crippen molar-refractivity contribution in [2.24, 2.45) is 0 Å². The van der Waals surface area contributed by atoms with E-state index >= 15 is 0 Å². The van der Waals surface area contributed by atoms with Crippen molar-refractivity contribution < 1.29 is 4.79 Å². The molecule has 0 radical (unpaired) electrons. The first-order valence-corrected chi connectivity index (χ1v) is 7.77. The molecule has 0 aromatic heterocycles. The second-order valence-electron chi connectivity index (χ2n) is 4.86. The van der Waals surface area contributed by atoms with Gasteiger partial charge in [-0.05, 0) is 45.0 Å². The monoisotopic (exact) mass is 280 g/mol. The summed E-state index contributed by atoms with van der Waals surface area (Å²) in [5, 5.41) is 6.29. The normalized spacial score (nSPS) is 12.5. The average Bonchev–Trinajstić information content (AvgIpc) is 2.36. The van der Waals surface area contributed by atoms with Crippen molar-refractivity contribution in [2.75, 3.05) is 12.3 Å². The molecule has 106 valence electrons. The molecule has 1 atom stereocenters. The molecule has 1 rings (SSSR count). The Morgan fingerprint density at radius 2 is 2.05 bits per heavy atom. The minimum Gasteiger partial charge on any atom is -0.353 e. The van der Waals surface area contributed by atoms with Gasteiger partial charge in [-0.3, -0.25) is 4.79 Å². The van der Waals surface area contributed by atoms with E-state index in [1.54, 1.807) is 11.8 Å². The van der Waals surface area contributed by atoms with E-state index in [4.69, 9.17) is 0 Å². The maximum absolute atomic E-state index is 11.6. The Hall–Kier alpha value is -1.00. The lowest BCUT2D eigenvalue weighted by molar-refractivity contribution is -0.119. The Morgan fingerprint density at radius 3 is 2.68 bits per heavy atom. The molecule has 0 heterocycles. The van der Waals surface area contributed by atoms with Crippen molar-refractivity contribution in [3.8, 4) is 0 Å². The van der Waals surface area contributed by atoms with Crippen LogP contribution in [0.3, 0.4) is 0 Å². The summed E-state index contributed by atoms with van der Waals surface area (Å²) in [6.07, 6.45) is 0. The molecule has 1 amide bonds. The zero-order chi connectivity index (χ0) is 14.3. The molecule has 2 N–H and O–H groups in total. The molecule has 0 spiro atoms. The van der Waals surface area contributed by atoms with Crippen molar-refractivity contribution in [1.29, 1.82) is 0 Å². The summed E-state index contributed by atoms with van der Waals surface area (Å²) in [5.74, 6) is 0.558. The molecule has 0 saturated heterocycles. The molecule has 1 aromatic carbocycles. The van der Waals surface area contributed by atoms with Gasteiger partial charge in [0.25, 0.3) is 0 Å². The van der Waals surface area contributed by atoms with Crippen LogP contribution in [0.1, 0.15) is 39.3 Å². The van der Waals surface area contributed by atoms with Crippen LogP contribution in [0, 0.1) is 0 Å². The van der Waals surface area contributed by atoms with E-state index in [-0.39, 0.29) is 11.9 Å². The number of hydrogen-bond donors (Lipinski definition) is 2. The zero-order valence-corrected chi connectivity index (χ0v) is 13.0. The number of thioether (sulfide) groups is 1. The predicted molar refractivity (Wildman–Crippen MR) is 82.5 cm³/mol. The lowest BCUT2D eigenvalue weighted by Crippen LogP contribution is -2.31. The Balaban J connectivity index is 2.55. The Labute approximate surface area is 120 Å². The van der Waals surface area contributed by atoms with Crippen LogP contribution in [0.2, 0.25) is 0 Å². The van der Waals surface area contributed by atoms with Gasteiger partial charge >= 0.3 is 0 Å². The van der Waals surface area contributed by atoms with Crippen molar-refractivity contribution >= 4 is 17.7 Å². The highest BCUT2D eigenvalue weighted by Crippen LogP contribution is 2.22. The van der Waals surface area contributed by atoms with E-state index < -0.39 is 0 Å². The molecule has 4 heteroatoms. The molecule has 0 aliphatic carbocycles. The van der Waals surface area contributed by atoms with Crippen LogP contribution in [0.15, 0.2) is 29.2 Å². The van der Waals surface area contributed by atoms with E-state index in [9.17, 15) is 4.79 Å². The smallest absolute Gasteiger partial charge is 0.230 e. The van der Waals surface area contributed by atoms with Crippen molar-refractivity contribution in [2.45, 2.75) is 44.7 Å². The highest BCUT2D eigenvalue weighted by Gasteiger charge is 2.07. The van der Waals surface area contributed by atoms with Crippen molar-refractivity contribution in [3.63, 3.8) is 0 Å². The summed E-state index contributed by atoms with van der Waals surface area (Å²) in [6.45, 7) is 9.15. The van der Waals surface area contributed by atoms with E-state index in [0.717, 1.165) is 11.4 Å². The van der Waals surface area contributed by atoms with Gasteiger partial charge in [0.1, 0.15) is 0 Å². The summed E-state index contributed by atoms with van der Waals surface area (Å²) in [6, 6.07) is 8.91. The number of amides is 1. The van der Waals surface area contributed by atoms with Crippen molar-refractivity contribution in [1.82, 2.24) is 10.6 Å². The SMILES string of the molecule is CCNC(C)c1cccc(SCC(=O)NC(C)C)c1. The molecule has 1 unspecified atom stereocenters. The summed E-state index contributed by atoms with van der Waals surface area (Å²) in [7, 11) is 0. The van der Waals surface area contributed by atoms with Crippen LogP contribution in [0.5, 0.6) is 0 Å². The molecule has 1 aromatic rings. The number of carbonyl (C=O) groups is 1. The van der Waals surface area contributed by atoms with Crippen molar-refractivity contribution in [3.05, 3.63) is 29.8 Å². The van der Waals surface area contributed by atoms with Gasteiger partial charge in [0.05, 0.1) is 5.75 Å². The molecule has 19 heavy (non-hydrogen) atoms. The summed E-state index contributed by atoms with van der Waals surface area (Å²) in [4.78, 5) is 12.7. The maximum Gasteiger partial charge on any atom is 0.230 e. The second-order valence-corrected chi connectivity index (χ2v) is 5.91. The Bertz CT molecular complexity index is 407. The van der Waals surface area contributed by atoms with Crippen LogP contribution in [0.4, 0.5) is 0 Å². The lowest BCUT2D eigenvalue weighted by Gasteiger charge is -2.14. The lowest BCUT2D eigenvalue weighted by atomic mass is 10.1. The molecule has 3 nitrogen and oxygen atoms in total. The Kier molecular flexibility index (Phi) is 6.95. The van der Waals surface area contributed by atoms with Crippen LogP contribution in [0.25, 0.3) is 0 Å². The molecule has 0 aliphatic rings. The van der Waals surface area contributed by atoms with E-state index in [0.29, 0.717) is 11.8 Å². The summed E-state index contributed by atoms with van der Waals surface area (Å²) >= 11 is 1.58. The van der Waals surface area contributed by atoms with E-state index in [2.05, 4.69) is 42.7 Å². The van der Waals surface area contributed by atoms with Crippen LogP contribution in [-0.2, 0) is 4.79 Å². The molecule has 0 bridgehead atoms. The van der Waals surface area contributed by atoms with Gasteiger partial charge in [-0.15, -0.1) is 11.8 Å². The molecule has 0 aliphatic heterocycles. The summed E-state index contributed by atoms with van der Waals surface area (Å²) < 4.78 is 0. The highest BCUT2D eigenvalue weighted by atomic mass is 32.2. The van der Waals surface area contributed by atoms with Gasteiger partial charge in [0.2, 0.25) is 5.91 Å². The third-order valence-corrected chi connectivity index (χ3v) is 3.68. The second kappa shape index (κ2) is 8.23. The fraction of sp³-hybridized carbons (Fsp3) is 0.533. The first-order valence-electron chi connectivity index (χ1n) is 6.78. The fourth-order valence-corrected chi connectivity index (χ4v) is 2.59. The number of carbonyl (C=O) groups excluding carboxylic acids is 1. The fourth-order valence-electron chi connectivity index (χ4n) is 1.81. The van der Waals surface area contributed by atoms with Crippen LogP contribution >= 0.6 is 11.8 Å². The highest BCUT2D eigenvalue weighted by molar-refractivity contribution is 8.00. The van der Waals surface area contributed by atoms with Gasteiger partial charge in [0.15, 0.2) is 0 Å². The molecular weight excluding hydrogens is 256 g/mol. The molecule has 0 fully saturated rings. The predicted octanol–water partition coefficient (Wildman–Crippen LogP) is 2.97. The van der Waals surface area contributed by atoms with Crippen LogP contribution in [-0.4, -0.2) is 24.2 Å². The first kappa shape index (κ1) is 16.1. The number of benzene rings is 1. The van der Waals surface area contributed by atoms with Gasteiger partial charge in [-0.25, -0.2) is 0 Å². The standard InChI is InChI=1S/C15H24N2OS/c1-5-16-12(4)13-7-6-8-14(9-13)19-10-15(18)17-11(2)3/h6-9,11-12,16H,5,10H2,1-4H3,(H,17,18). The maximum atomic E-state index is 11.6. The average molecular weight is 280 g/mol. The quantitative estimate of drug-likeness (QED) is 0.755. The first-order chi connectivity index (χ1) is 9.02. The number of hydrogen-bond acceptors (Lipinski definition) is 3. The van der Waals surface area contributed by atoms with Crippen LogP contribution < -0.4 is 10.6 Å². The molecular formula is C15H24N2OS. The number of rotatable bonds is 7. The largest absolute Gasteiger partial charge is 0.353 e. The summed E-state index contributed by atoms with van der Waals surface area (Å²) in [5.41, 5.74) is 1.26. The van der Waals surface area contributed by atoms with E-state index in [1.165, 1.54) is 5.56 Å². The van der Waals surface area contributed by atoms with Gasteiger partial charge < -0.3 is 10.6 Å². The van der Waals surface area contributed by atoms with E-state index in [1.807, 2.05) is 19.9 Å². The topological polar surface area (TPSA) is 41.1 Å². The number of nitrogens with one attached hydrogen (secondary N) is 2. The minimum atomic E-state index is 0.0881. The zero-order valence-electron chi connectivity index (χ0n) is 12.2. The third kappa shape index (κ3) is 6.12. The van der Waals surface area contributed by atoms with Gasteiger partial charge in [-0.2, -0.15) is 0 Å². The minimum absolute atomic E-state index is 0.0881. The molecule has 0 saturated carbocycles. The van der Waals surface area contributed by atoms with Gasteiger partial charge in [-0.1, -0.05) is 19.1 Å². The third-order valence-electron chi connectivity index (χ3n) is 2.69.